The number of hydrogen-bond acceptors (Lipinski definition) is 3. The van der Waals surface area contributed by atoms with E-state index < -0.39 is 0 Å². The van der Waals surface area contributed by atoms with Crippen LogP contribution in [-0.2, 0) is 9.53 Å². The van der Waals surface area contributed by atoms with Gasteiger partial charge >= 0.3 is 0 Å². The lowest BCUT2D eigenvalue weighted by Crippen LogP contribution is -2.41. The van der Waals surface area contributed by atoms with Crippen molar-refractivity contribution in [2.24, 2.45) is 11.7 Å². The molecule has 0 bridgehead atoms. The highest BCUT2D eigenvalue weighted by atomic mass is 16.5. The fourth-order valence-electron chi connectivity index (χ4n) is 2.87. The minimum absolute atomic E-state index is 0.0274. The van der Waals surface area contributed by atoms with Gasteiger partial charge in [0.25, 0.3) is 0 Å². The van der Waals surface area contributed by atoms with E-state index in [1.807, 2.05) is 25.1 Å². The molecule has 21 heavy (non-hydrogen) atoms. The van der Waals surface area contributed by atoms with Crippen molar-refractivity contribution in [2.75, 3.05) is 13.2 Å². The first-order chi connectivity index (χ1) is 10.2. The second-order valence-electron chi connectivity index (χ2n) is 5.61. The monoisotopic (exact) mass is 284 g/mol. The summed E-state index contributed by atoms with van der Waals surface area (Å²) in [5, 5.41) is 5.41. The Bertz CT molecular complexity index is 651. The van der Waals surface area contributed by atoms with Crippen molar-refractivity contribution in [3.05, 3.63) is 48.0 Å². The van der Waals surface area contributed by atoms with Crippen molar-refractivity contribution in [2.45, 2.75) is 19.0 Å². The zero-order valence-electron chi connectivity index (χ0n) is 12.1. The maximum atomic E-state index is 12.3. The predicted molar refractivity (Wildman–Crippen MR) is 82.8 cm³/mol. The predicted octanol–water partition coefficient (Wildman–Crippen LogP) is 1.99. The zero-order chi connectivity index (χ0) is 14.8. The van der Waals surface area contributed by atoms with Crippen LogP contribution in [0.1, 0.15) is 18.5 Å². The van der Waals surface area contributed by atoms with Crippen molar-refractivity contribution in [3.63, 3.8) is 0 Å². The molecule has 0 spiro atoms. The molecule has 0 aromatic heterocycles. The second-order valence-corrected chi connectivity index (χ2v) is 5.61. The fourth-order valence-corrected chi connectivity index (χ4v) is 2.87. The van der Waals surface area contributed by atoms with E-state index in [9.17, 15) is 4.79 Å². The van der Waals surface area contributed by atoms with Gasteiger partial charge in [0.2, 0.25) is 5.91 Å². The van der Waals surface area contributed by atoms with E-state index in [2.05, 4.69) is 29.6 Å². The van der Waals surface area contributed by atoms with Gasteiger partial charge in [0, 0.05) is 6.04 Å². The molecule has 0 radical (unpaired) electrons. The number of nitrogens with one attached hydrogen (secondary N) is 1. The molecule has 1 saturated heterocycles. The first-order valence-corrected chi connectivity index (χ1v) is 7.28. The van der Waals surface area contributed by atoms with E-state index in [1.54, 1.807) is 0 Å². The molecule has 3 rings (SSSR count). The molecule has 0 saturated carbocycles. The molecule has 1 heterocycles. The van der Waals surface area contributed by atoms with Gasteiger partial charge in [-0.25, -0.2) is 0 Å². The van der Waals surface area contributed by atoms with E-state index in [4.69, 9.17) is 10.5 Å². The van der Waals surface area contributed by atoms with Crippen LogP contribution in [0.3, 0.4) is 0 Å². The lowest BCUT2D eigenvalue weighted by atomic mass is 9.98. The number of amides is 1. The Labute approximate surface area is 124 Å². The summed E-state index contributed by atoms with van der Waals surface area (Å²) in [6.07, 6.45) is 0. The van der Waals surface area contributed by atoms with Gasteiger partial charge in [0.1, 0.15) is 0 Å². The Hall–Kier alpha value is -1.91. The summed E-state index contributed by atoms with van der Waals surface area (Å²) in [6, 6.07) is 14.1. The number of rotatable bonds is 3. The summed E-state index contributed by atoms with van der Waals surface area (Å²) in [7, 11) is 0. The molecule has 4 heteroatoms. The average molecular weight is 284 g/mol. The molecule has 3 N–H and O–H groups in total. The van der Waals surface area contributed by atoms with E-state index in [0.717, 1.165) is 5.56 Å². The van der Waals surface area contributed by atoms with E-state index in [-0.39, 0.29) is 23.9 Å². The van der Waals surface area contributed by atoms with Crippen LogP contribution in [0.2, 0.25) is 0 Å². The van der Waals surface area contributed by atoms with Gasteiger partial charge in [0.15, 0.2) is 0 Å². The van der Waals surface area contributed by atoms with E-state index in [0.29, 0.717) is 13.2 Å². The number of carbonyl (C=O) groups excluding carboxylic acids is 1. The van der Waals surface area contributed by atoms with Crippen LogP contribution >= 0.6 is 0 Å². The second kappa shape index (κ2) is 5.84. The van der Waals surface area contributed by atoms with Gasteiger partial charge in [-0.2, -0.15) is 0 Å². The molecule has 1 amide bonds. The highest BCUT2D eigenvalue weighted by Gasteiger charge is 2.32. The first kappa shape index (κ1) is 14.0. The minimum Gasteiger partial charge on any atom is -0.379 e. The topological polar surface area (TPSA) is 64.3 Å². The van der Waals surface area contributed by atoms with Gasteiger partial charge in [0.05, 0.1) is 25.2 Å². The van der Waals surface area contributed by atoms with Gasteiger partial charge in [-0.3, -0.25) is 4.79 Å². The largest absolute Gasteiger partial charge is 0.379 e. The molecular weight excluding hydrogens is 264 g/mol. The highest BCUT2D eigenvalue weighted by Crippen LogP contribution is 2.24. The summed E-state index contributed by atoms with van der Waals surface area (Å²) in [6.45, 7) is 2.87. The number of ether oxygens (including phenoxy) is 1. The maximum Gasteiger partial charge on any atom is 0.227 e. The van der Waals surface area contributed by atoms with Gasteiger partial charge in [-0.1, -0.05) is 42.5 Å². The minimum atomic E-state index is -0.248. The molecule has 3 unspecified atom stereocenters. The van der Waals surface area contributed by atoms with Gasteiger partial charge < -0.3 is 15.8 Å². The summed E-state index contributed by atoms with van der Waals surface area (Å²) >= 11 is 0. The lowest BCUT2D eigenvalue weighted by Gasteiger charge is -2.20. The Kier molecular flexibility index (Phi) is 3.90. The van der Waals surface area contributed by atoms with Crippen molar-refractivity contribution in [1.82, 2.24) is 5.32 Å². The average Bonchev–Trinajstić information content (AvgIpc) is 2.92. The van der Waals surface area contributed by atoms with Crippen LogP contribution in [0.15, 0.2) is 42.5 Å². The van der Waals surface area contributed by atoms with E-state index in [1.165, 1.54) is 10.8 Å². The number of carbonyl (C=O) groups is 1. The lowest BCUT2D eigenvalue weighted by molar-refractivity contribution is -0.125. The standard InChI is InChI=1S/C17H20N2O2/c1-11(19-17(20)15-9-21-10-16(15)18)13-8-4-6-12-5-2-3-7-14(12)13/h2-8,11,15-16H,9-10,18H2,1H3,(H,19,20). The van der Waals surface area contributed by atoms with Crippen molar-refractivity contribution in [3.8, 4) is 0 Å². The molecule has 1 fully saturated rings. The molecule has 2 aromatic rings. The maximum absolute atomic E-state index is 12.3. The van der Waals surface area contributed by atoms with Crippen LogP contribution in [0, 0.1) is 5.92 Å². The van der Waals surface area contributed by atoms with Crippen molar-refractivity contribution in [1.29, 1.82) is 0 Å². The smallest absolute Gasteiger partial charge is 0.227 e. The number of benzene rings is 2. The summed E-state index contributed by atoms with van der Waals surface area (Å²) < 4.78 is 5.26. The number of nitrogens with two attached hydrogens (primary N) is 1. The number of fused-ring (bicyclic) bond motifs is 1. The Morgan fingerprint density at radius 1 is 1.24 bits per heavy atom. The molecule has 0 aliphatic carbocycles. The Morgan fingerprint density at radius 2 is 2.00 bits per heavy atom. The van der Waals surface area contributed by atoms with Crippen molar-refractivity contribution >= 4 is 16.7 Å². The number of hydrogen-bond donors (Lipinski definition) is 2. The summed E-state index contributed by atoms with van der Waals surface area (Å²) in [4.78, 5) is 12.3. The van der Waals surface area contributed by atoms with E-state index >= 15 is 0 Å². The third-order valence-corrected chi connectivity index (χ3v) is 4.11. The Balaban J connectivity index is 1.81. The SMILES string of the molecule is CC(NC(=O)C1COCC1N)c1cccc2ccccc12. The quantitative estimate of drug-likeness (QED) is 0.906. The summed E-state index contributed by atoms with van der Waals surface area (Å²) in [5.74, 6) is -0.275. The molecule has 4 nitrogen and oxygen atoms in total. The zero-order valence-corrected chi connectivity index (χ0v) is 12.1. The molecule has 110 valence electrons. The fraction of sp³-hybridized carbons (Fsp3) is 0.353. The molecular formula is C17H20N2O2. The highest BCUT2D eigenvalue weighted by molar-refractivity contribution is 5.87. The third-order valence-electron chi connectivity index (χ3n) is 4.11. The van der Waals surface area contributed by atoms with Crippen molar-refractivity contribution < 1.29 is 9.53 Å². The third kappa shape index (κ3) is 2.77. The molecule has 3 atom stereocenters. The molecule has 2 aromatic carbocycles. The Morgan fingerprint density at radius 3 is 2.76 bits per heavy atom. The van der Waals surface area contributed by atoms with Crippen LogP contribution in [0.4, 0.5) is 0 Å². The summed E-state index contributed by atoms with van der Waals surface area (Å²) in [5.41, 5.74) is 7.02. The molecule has 1 aliphatic rings. The normalized spacial score (nSPS) is 23.1. The first-order valence-electron chi connectivity index (χ1n) is 7.28. The van der Waals surface area contributed by atoms with Gasteiger partial charge in [-0.05, 0) is 23.3 Å². The van der Waals surface area contributed by atoms with Crippen LogP contribution in [-0.4, -0.2) is 25.2 Å². The van der Waals surface area contributed by atoms with Gasteiger partial charge in [-0.15, -0.1) is 0 Å². The van der Waals surface area contributed by atoms with Crippen LogP contribution in [0.25, 0.3) is 10.8 Å². The van der Waals surface area contributed by atoms with Crippen LogP contribution < -0.4 is 11.1 Å². The molecule has 1 aliphatic heterocycles. The van der Waals surface area contributed by atoms with Crippen LogP contribution in [0.5, 0.6) is 0 Å².